The fourth-order valence-electron chi connectivity index (χ4n) is 3.14. The van der Waals surface area contributed by atoms with Gasteiger partial charge in [0.05, 0.1) is 19.1 Å². The van der Waals surface area contributed by atoms with E-state index in [2.05, 4.69) is 62.3 Å². The monoisotopic (exact) mass is 273 g/mol. The first-order valence-electron chi connectivity index (χ1n) is 7.99. The highest BCUT2D eigenvalue weighted by atomic mass is 15.2. The van der Waals surface area contributed by atoms with Crippen LogP contribution in [0, 0.1) is 0 Å². The number of nitrogens with zero attached hydrogens (tertiary/aromatic N) is 1. The van der Waals surface area contributed by atoms with Crippen LogP contribution in [0.3, 0.4) is 0 Å². The minimum Gasteiger partial charge on any atom is -0.378 e. The van der Waals surface area contributed by atoms with Crippen molar-refractivity contribution < 1.29 is 4.90 Å². The molecular formula is C18H29N2+. The zero-order valence-electron chi connectivity index (χ0n) is 13.2. The van der Waals surface area contributed by atoms with Crippen molar-refractivity contribution in [2.24, 2.45) is 0 Å². The molecule has 20 heavy (non-hydrogen) atoms. The van der Waals surface area contributed by atoms with Crippen molar-refractivity contribution in [2.75, 3.05) is 32.1 Å². The van der Waals surface area contributed by atoms with Crippen molar-refractivity contribution in [2.45, 2.75) is 38.6 Å². The summed E-state index contributed by atoms with van der Waals surface area (Å²) in [5, 5.41) is 0. The maximum absolute atomic E-state index is 2.36. The maximum Gasteiger partial charge on any atom is 0.0963 e. The minimum atomic E-state index is 0.879. The van der Waals surface area contributed by atoms with Gasteiger partial charge in [-0.3, -0.25) is 0 Å². The van der Waals surface area contributed by atoms with E-state index in [-0.39, 0.29) is 0 Å². The largest absolute Gasteiger partial charge is 0.378 e. The van der Waals surface area contributed by atoms with Crippen molar-refractivity contribution in [3.05, 3.63) is 35.9 Å². The number of benzene rings is 1. The van der Waals surface area contributed by atoms with E-state index in [0.29, 0.717) is 0 Å². The zero-order chi connectivity index (χ0) is 14.4. The highest BCUT2D eigenvalue weighted by molar-refractivity contribution is 5.55. The lowest BCUT2D eigenvalue weighted by atomic mass is 10.00. The molecule has 0 bridgehead atoms. The fourth-order valence-corrected chi connectivity index (χ4v) is 3.14. The summed E-state index contributed by atoms with van der Waals surface area (Å²) in [5.74, 6) is 0. The van der Waals surface area contributed by atoms with E-state index in [1.165, 1.54) is 50.0 Å². The van der Waals surface area contributed by atoms with E-state index < -0.39 is 0 Å². The Kier molecular flexibility index (Phi) is 5.66. The third-order valence-corrected chi connectivity index (χ3v) is 4.47. The van der Waals surface area contributed by atoms with Gasteiger partial charge in [0.2, 0.25) is 0 Å². The van der Waals surface area contributed by atoms with Crippen molar-refractivity contribution in [1.29, 1.82) is 0 Å². The first kappa shape index (κ1) is 15.1. The van der Waals surface area contributed by atoms with E-state index in [1.54, 1.807) is 4.90 Å². The van der Waals surface area contributed by atoms with Crippen LogP contribution in [-0.2, 0) is 0 Å². The summed E-state index contributed by atoms with van der Waals surface area (Å²) in [6, 6.07) is 9.65. The predicted octanol–water partition coefficient (Wildman–Crippen LogP) is 2.61. The van der Waals surface area contributed by atoms with Crippen LogP contribution in [0.1, 0.15) is 38.2 Å². The lowest BCUT2D eigenvalue weighted by Crippen LogP contribution is -3.16. The summed E-state index contributed by atoms with van der Waals surface area (Å²) in [5.41, 5.74) is 2.56. The van der Waals surface area contributed by atoms with Gasteiger partial charge in [-0.25, -0.2) is 0 Å². The number of quaternary nitrogens is 1. The quantitative estimate of drug-likeness (QED) is 0.866. The number of hydrogen-bond acceptors (Lipinski definition) is 1. The van der Waals surface area contributed by atoms with Gasteiger partial charge in [0, 0.05) is 19.8 Å². The Morgan fingerprint density at radius 1 is 1.20 bits per heavy atom. The summed E-state index contributed by atoms with van der Waals surface area (Å²) in [6.45, 7) is 4.86. The zero-order valence-corrected chi connectivity index (χ0v) is 13.2. The van der Waals surface area contributed by atoms with Crippen LogP contribution in [-0.4, -0.2) is 33.2 Å². The van der Waals surface area contributed by atoms with Gasteiger partial charge in [-0.1, -0.05) is 25.1 Å². The second kappa shape index (κ2) is 7.49. The maximum atomic E-state index is 2.36. The molecule has 2 rings (SSSR count). The van der Waals surface area contributed by atoms with Crippen molar-refractivity contribution in [3.8, 4) is 0 Å². The van der Waals surface area contributed by atoms with Gasteiger partial charge in [-0.15, -0.1) is 0 Å². The number of nitrogens with one attached hydrogen (secondary N) is 1. The second-order valence-corrected chi connectivity index (χ2v) is 6.10. The summed E-state index contributed by atoms with van der Waals surface area (Å²) in [4.78, 5) is 3.91. The van der Waals surface area contributed by atoms with Gasteiger partial charge in [0.25, 0.3) is 0 Å². The van der Waals surface area contributed by atoms with E-state index >= 15 is 0 Å². The molecule has 0 radical (unpaired) electrons. The lowest BCUT2D eigenvalue weighted by Gasteiger charge is -2.31. The van der Waals surface area contributed by atoms with Crippen LogP contribution in [0.5, 0.6) is 0 Å². The Balaban J connectivity index is 1.89. The normalized spacial score (nSPS) is 23.1. The van der Waals surface area contributed by atoms with E-state index in [9.17, 15) is 0 Å². The average molecular weight is 273 g/mol. The molecule has 2 atom stereocenters. The summed E-state index contributed by atoms with van der Waals surface area (Å²) in [6.07, 6.45) is 10.2. The SMILES string of the molecule is CC[C@H]1CCCC[NH+]1C/C=C/c1ccc(N(C)C)cc1. The molecule has 1 unspecified atom stereocenters. The third kappa shape index (κ3) is 4.11. The Morgan fingerprint density at radius 2 is 1.95 bits per heavy atom. The molecule has 0 amide bonds. The standard InChI is InChI=1S/C18H28N2/c1-4-17-9-5-6-14-20(17)15-7-8-16-10-12-18(13-11-16)19(2)3/h7-8,10-13,17H,4-6,9,14-15H2,1-3H3/p+1/b8-7+/t17-/m0/s1. The molecule has 1 aromatic carbocycles. The van der Waals surface area contributed by atoms with Crippen LogP contribution in [0.25, 0.3) is 6.08 Å². The smallest absolute Gasteiger partial charge is 0.0963 e. The Bertz CT molecular complexity index is 420. The summed E-state index contributed by atoms with van der Waals surface area (Å²) in [7, 11) is 4.16. The average Bonchev–Trinajstić information content (AvgIpc) is 2.48. The molecule has 1 aliphatic rings. The van der Waals surface area contributed by atoms with Crippen molar-refractivity contribution in [1.82, 2.24) is 0 Å². The molecule has 1 heterocycles. The number of rotatable bonds is 5. The molecule has 0 aliphatic carbocycles. The van der Waals surface area contributed by atoms with Gasteiger partial charge in [-0.2, -0.15) is 0 Å². The van der Waals surface area contributed by atoms with Crippen LogP contribution in [0.2, 0.25) is 0 Å². The second-order valence-electron chi connectivity index (χ2n) is 6.10. The third-order valence-electron chi connectivity index (χ3n) is 4.47. The fraction of sp³-hybridized carbons (Fsp3) is 0.556. The molecule has 1 saturated heterocycles. The number of likely N-dealkylation sites (tertiary alicyclic amines) is 1. The summed E-state index contributed by atoms with van der Waals surface area (Å²) < 4.78 is 0. The van der Waals surface area contributed by atoms with Gasteiger partial charge < -0.3 is 9.80 Å². The number of hydrogen-bond donors (Lipinski definition) is 1. The molecule has 1 N–H and O–H groups in total. The molecule has 0 spiro atoms. The molecule has 1 fully saturated rings. The Morgan fingerprint density at radius 3 is 2.60 bits per heavy atom. The first-order chi connectivity index (χ1) is 9.70. The highest BCUT2D eigenvalue weighted by Gasteiger charge is 2.22. The summed E-state index contributed by atoms with van der Waals surface area (Å²) >= 11 is 0. The van der Waals surface area contributed by atoms with Gasteiger partial charge in [-0.05, 0) is 49.5 Å². The van der Waals surface area contributed by atoms with Gasteiger partial charge in [0.1, 0.15) is 0 Å². The Hall–Kier alpha value is -1.28. The molecule has 1 aliphatic heterocycles. The molecule has 0 aromatic heterocycles. The molecule has 110 valence electrons. The van der Waals surface area contributed by atoms with Gasteiger partial charge >= 0.3 is 0 Å². The highest BCUT2D eigenvalue weighted by Crippen LogP contribution is 2.13. The molecule has 2 heteroatoms. The van der Waals surface area contributed by atoms with E-state index in [0.717, 1.165) is 6.04 Å². The molecule has 0 saturated carbocycles. The van der Waals surface area contributed by atoms with Crippen LogP contribution in [0.4, 0.5) is 5.69 Å². The topological polar surface area (TPSA) is 7.68 Å². The first-order valence-corrected chi connectivity index (χ1v) is 7.99. The van der Waals surface area contributed by atoms with Gasteiger partial charge in [0.15, 0.2) is 0 Å². The number of piperidine rings is 1. The van der Waals surface area contributed by atoms with E-state index in [4.69, 9.17) is 0 Å². The van der Waals surface area contributed by atoms with Crippen molar-refractivity contribution >= 4 is 11.8 Å². The Labute approximate surface area is 124 Å². The van der Waals surface area contributed by atoms with Crippen LogP contribution in [0.15, 0.2) is 30.3 Å². The van der Waals surface area contributed by atoms with Crippen LogP contribution >= 0.6 is 0 Å². The molecule has 2 nitrogen and oxygen atoms in total. The number of anilines is 1. The predicted molar refractivity (Wildman–Crippen MR) is 88.4 cm³/mol. The lowest BCUT2D eigenvalue weighted by molar-refractivity contribution is -0.925. The minimum absolute atomic E-state index is 0.879. The van der Waals surface area contributed by atoms with Crippen LogP contribution < -0.4 is 9.80 Å². The molecular weight excluding hydrogens is 244 g/mol. The van der Waals surface area contributed by atoms with Crippen molar-refractivity contribution in [3.63, 3.8) is 0 Å². The molecule has 1 aromatic rings. The van der Waals surface area contributed by atoms with E-state index in [1.807, 2.05) is 0 Å².